The van der Waals surface area contributed by atoms with Gasteiger partial charge in [0.2, 0.25) is 0 Å². The van der Waals surface area contributed by atoms with E-state index in [2.05, 4.69) is 43.2 Å². The minimum atomic E-state index is -0.226. The van der Waals surface area contributed by atoms with Gasteiger partial charge in [0, 0.05) is 12.1 Å². The summed E-state index contributed by atoms with van der Waals surface area (Å²) in [5.41, 5.74) is 4.18. The lowest BCUT2D eigenvalue weighted by atomic mass is 10.1. The Morgan fingerprint density at radius 1 is 0.811 bits per heavy atom. The molecule has 6 aromatic heterocycles. The van der Waals surface area contributed by atoms with E-state index in [0.717, 1.165) is 32.2 Å². The molecular weight excluding hydrogens is 502 g/mol. The van der Waals surface area contributed by atoms with E-state index in [9.17, 15) is 4.79 Å². The van der Waals surface area contributed by atoms with E-state index < -0.39 is 0 Å². The maximum absolute atomic E-state index is 13.9. The first-order valence-corrected chi connectivity index (χ1v) is 13.8. The van der Waals surface area contributed by atoms with E-state index >= 15 is 0 Å². The molecule has 6 heterocycles. The Morgan fingerprint density at radius 3 is 1.89 bits per heavy atom. The predicted octanol–water partition coefficient (Wildman–Crippen LogP) is 7.05. The molecule has 0 aliphatic rings. The number of thiophene rings is 2. The second kappa shape index (κ2) is 9.20. The van der Waals surface area contributed by atoms with Gasteiger partial charge in [-0.1, -0.05) is 12.1 Å². The fourth-order valence-electron chi connectivity index (χ4n) is 4.37. The minimum absolute atomic E-state index is 0.106. The number of rotatable bonds is 6. The van der Waals surface area contributed by atoms with Gasteiger partial charge in [0.1, 0.15) is 0 Å². The second-order valence-electron chi connectivity index (χ2n) is 9.36. The molecular formula is C27H25N7OS2. The number of pyridine rings is 2. The summed E-state index contributed by atoms with van der Waals surface area (Å²) in [6.07, 6.45) is 3.50. The molecule has 0 fully saturated rings. The molecule has 0 radical (unpaired) electrons. The standard InChI is InChI=1S/C27H25N7OS2/c1-15(2)33-25-18(13-28-33)17(11-21(30-25)23-7-5-9-36-23)27(35)32-20-12-22(24-8-6-10-37-24)31-26-19(20)14-29-34(26)16(3)4/h5-16H,1-4H3,(H,31,32,35). The molecule has 1 N–H and O–H groups in total. The molecule has 0 unspecified atom stereocenters. The van der Waals surface area contributed by atoms with Crippen LogP contribution in [0.5, 0.6) is 0 Å². The van der Waals surface area contributed by atoms with Crippen molar-refractivity contribution in [2.24, 2.45) is 0 Å². The highest BCUT2D eigenvalue weighted by molar-refractivity contribution is 7.13. The van der Waals surface area contributed by atoms with Crippen molar-refractivity contribution < 1.29 is 4.79 Å². The number of hydrogen-bond donors (Lipinski definition) is 1. The largest absolute Gasteiger partial charge is 0.321 e. The number of aromatic nitrogens is 6. The molecule has 1 amide bonds. The summed E-state index contributed by atoms with van der Waals surface area (Å²) in [4.78, 5) is 25.7. The summed E-state index contributed by atoms with van der Waals surface area (Å²) in [6.45, 7) is 8.24. The second-order valence-corrected chi connectivity index (χ2v) is 11.3. The topological polar surface area (TPSA) is 90.5 Å². The Bertz CT molecular complexity index is 1730. The zero-order valence-electron chi connectivity index (χ0n) is 20.8. The monoisotopic (exact) mass is 527 g/mol. The Balaban J connectivity index is 1.50. The Kier molecular flexibility index (Phi) is 5.85. The van der Waals surface area contributed by atoms with Crippen molar-refractivity contribution in [3.63, 3.8) is 0 Å². The quantitative estimate of drug-likeness (QED) is 0.251. The third kappa shape index (κ3) is 4.11. The van der Waals surface area contributed by atoms with E-state index in [-0.39, 0.29) is 18.0 Å². The number of anilines is 1. The molecule has 0 aliphatic carbocycles. The van der Waals surface area contributed by atoms with Crippen LogP contribution in [0.4, 0.5) is 5.69 Å². The Hall–Kier alpha value is -3.89. The molecule has 0 aliphatic heterocycles. The van der Waals surface area contributed by atoms with Crippen LogP contribution in [0, 0.1) is 0 Å². The highest BCUT2D eigenvalue weighted by atomic mass is 32.1. The van der Waals surface area contributed by atoms with E-state index in [1.54, 1.807) is 35.1 Å². The molecule has 0 atom stereocenters. The summed E-state index contributed by atoms with van der Waals surface area (Å²) in [5.74, 6) is -0.226. The number of nitrogens with one attached hydrogen (secondary N) is 1. The molecule has 8 nitrogen and oxygen atoms in total. The maximum Gasteiger partial charge on any atom is 0.256 e. The molecule has 0 saturated carbocycles. The molecule has 0 spiro atoms. The number of nitrogens with zero attached hydrogens (tertiary/aromatic N) is 6. The number of fused-ring (bicyclic) bond motifs is 2. The third-order valence-corrected chi connectivity index (χ3v) is 7.94. The number of amides is 1. The lowest BCUT2D eigenvalue weighted by Gasteiger charge is -2.12. The SMILES string of the molecule is CC(C)n1ncc2c(NC(=O)c3cc(-c4cccs4)nc4c3cnn4C(C)C)cc(-c3cccs3)nc21. The fourth-order valence-corrected chi connectivity index (χ4v) is 5.75. The van der Waals surface area contributed by atoms with Crippen LogP contribution in [0.15, 0.2) is 59.6 Å². The van der Waals surface area contributed by atoms with Gasteiger partial charge in [-0.2, -0.15) is 10.2 Å². The highest BCUT2D eigenvalue weighted by Crippen LogP contribution is 2.33. The maximum atomic E-state index is 13.9. The van der Waals surface area contributed by atoms with Crippen molar-refractivity contribution in [1.82, 2.24) is 29.5 Å². The zero-order chi connectivity index (χ0) is 25.7. The van der Waals surface area contributed by atoms with E-state index in [4.69, 9.17) is 9.97 Å². The Morgan fingerprint density at radius 2 is 1.35 bits per heavy atom. The number of hydrogen-bond acceptors (Lipinski definition) is 7. The molecule has 0 saturated heterocycles. The first-order valence-electron chi connectivity index (χ1n) is 12.1. The van der Waals surface area contributed by atoms with Crippen molar-refractivity contribution >= 4 is 56.3 Å². The van der Waals surface area contributed by atoms with E-state index in [0.29, 0.717) is 22.3 Å². The first kappa shape index (κ1) is 23.5. The van der Waals surface area contributed by atoms with Gasteiger partial charge in [-0.15, -0.1) is 22.7 Å². The fraction of sp³-hybridized carbons (Fsp3) is 0.222. The van der Waals surface area contributed by atoms with Gasteiger partial charge < -0.3 is 5.32 Å². The van der Waals surface area contributed by atoms with Crippen molar-refractivity contribution in [2.75, 3.05) is 5.32 Å². The van der Waals surface area contributed by atoms with Gasteiger partial charge in [-0.05, 0) is 62.7 Å². The third-order valence-electron chi connectivity index (χ3n) is 6.15. The summed E-state index contributed by atoms with van der Waals surface area (Å²) in [5, 5.41) is 17.8. The van der Waals surface area contributed by atoms with Crippen LogP contribution in [0.25, 0.3) is 43.2 Å². The smallest absolute Gasteiger partial charge is 0.256 e. The van der Waals surface area contributed by atoms with Crippen LogP contribution in [0.2, 0.25) is 0 Å². The summed E-state index contributed by atoms with van der Waals surface area (Å²) in [7, 11) is 0. The van der Waals surface area contributed by atoms with Crippen LogP contribution in [0.1, 0.15) is 50.1 Å². The van der Waals surface area contributed by atoms with Gasteiger partial charge in [-0.3, -0.25) is 4.79 Å². The first-order chi connectivity index (χ1) is 17.9. The Labute approximate surface area is 221 Å². The summed E-state index contributed by atoms with van der Waals surface area (Å²) >= 11 is 3.20. The minimum Gasteiger partial charge on any atom is -0.321 e. The average Bonchev–Trinajstić information content (AvgIpc) is 3.67. The summed E-state index contributed by atoms with van der Waals surface area (Å²) < 4.78 is 3.74. The average molecular weight is 528 g/mol. The molecule has 6 aromatic rings. The van der Waals surface area contributed by atoms with Crippen LogP contribution in [0.3, 0.4) is 0 Å². The molecule has 10 heteroatoms. The molecule has 0 aromatic carbocycles. The van der Waals surface area contributed by atoms with Crippen LogP contribution in [-0.4, -0.2) is 35.4 Å². The van der Waals surface area contributed by atoms with Crippen molar-refractivity contribution in [1.29, 1.82) is 0 Å². The lowest BCUT2D eigenvalue weighted by Crippen LogP contribution is -2.14. The summed E-state index contributed by atoms with van der Waals surface area (Å²) in [6, 6.07) is 12.0. The normalized spacial score (nSPS) is 11.8. The molecule has 0 bridgehead atoms. The van der Waals surface area contributed by atoms with Crippen molar-refractivity contribution in [2.45, 2.75) is 39.8 Å². The van der Waals surface area contributed by atoms with Crippen LogP contribution < -0.4 is 5.32 Å². The van der Waals surface area contributed by atoms with Crippen molar-refractivity contribution in [3.8, 4) is 21.1 Å². The lowest BCUT2D eigenvalue weighted by molar-refractivity contribution is 0.102. The highest BCUT2D eigenvalue weighted by Gasteiger charge is 2.21. The van der Waals surface area contributed by atoms with Gasteiger partial charge in [0.25, 0.3) is 5.91 Å². The van der Waals surface area contributed by atoms with Gasteiger partial charge in [-0.25, -0.2) is 19.3 Å². The number of carbonyl (C=O) groups excluding carboxylic acids is 1. The van der Waals surface area contributed by atoms with Crippen molar-refractivity contribution in [3.05, 3.63) is 65.1 Å². The van der Waals surface area contributed by atoms with Gasteiger partial charge >= 0.3 is 0 Å². The molecule has 37 heavy (non-hydrogen) atoms. The zero-order valence-corrected chi connectivity index (χ0v) is 22.5. The van der Waals surface area contributed by atoms with Gasteiger partial charge in [0.05, 0.1) is 55.6 Å². The van der Waals surface area contributed by atoms with E-state index in [1.807, 2.05) is 56.5 Å². The molecule has 6 rings (SSSR count). The van der Waals surface area contributed by atoms with Gasteiger partial charge in [0.15, 0.2) is 11.3 Å². The predicted molar refractivity (Wildman–Crippen MR) is 150 cm³/mol. The molecule has 186 valence electrons. The number of carbonyl (C=O) groups is 1. The van der Waals surface area contributed by atoms with E-state index in [1.165, 1.54) is 0 Å². The van der Waals surface area contributed by atoms with Crippen LogP contribution >= 0.6 is 22.7 Å². The van der Waals surface area contributed by atoms with Crippen LogP contribution in [-0.2, 0) is 0 Å².